The molecule has 0 aromatic heterocycles. The maximum Gasteiger partial charge on any atom is 0.225 e. The van der Waals surface area contributed by atoms with Crippen LogP contribution >= 0.6 is 0 Å². The van der Waals surface area contributed by atoms with Gasteiger partial charge in [-0.1, -0.05) is 39.0 Å². The number of para-hydroxylation sites is 1. The van der Waals surface area contributed by atoms with Crippen LogP contribution in [0.15, 0.2) is 30.3 Å². The maximum atomic E-state index is 11.6. The fraction of sp³-hybridized carbons (Fsp3) is 0.533. The number of hydrogen-bond acceptors (Lipinski definition) is 2. The third kappa shape index (κ3) is 5.71. The first-order valence-corrected chi connectivity index (χ1v) is 6.57. The molecule has 0 spiro atoms. The molecule has 1 amide bonds. The summed E-state index contributed by atoms with van der Waals surface area (Å²) in [6, 6.07) is 10.2. The van der Waals surface area contributed by atoms with E-state index in [2.05, 4.69) is 22.8 Å². The molecule has 0 aliphatic rings. The van der Waals surface area contributed by atoms with Gasteiger partial charge >= 0.3 is 0 Å². The predicted molar refractivity (Wildman–Crippen MR) is 76.6 cm³/mol. The SMILES string of the molecule is CC(C)(C)C(=O)NCCCCNc1ccccc1. The van der Waals surface area contributed by atoms with Crippen LogP contribution in [0, 0.1) is 5.41 Å². The summed E-state index contributed by atoms with van der Waals surface area (Å²) in [6.07, 6.45) is 2.06. The molecule has 0 atom stereocenters. The van der Waals surface area contributed by atoms with Crippen molar-refractivity contribution in [1.82, 2.24) is 5.32 Å². The lowest BCUT2D eigenvalue weighted by molar-refractivity contribution is -0.128. The number of unbranched alkanes of at least 4 members (excludes halogenated alkanes) is 1. The van der Waals surface area contributed by atoms with Gasteiger partial charge < -0.3 is 10.6 Å². The molecule has 1 aromatic carbocycles. The monoisotopic (exact) mass is 248 g/mol. The number of rotatable bonds is 6. The van der Waals surface area contributed by atoms with Gasteiger partial charge in [-0.05, 0) is 25.0 Å². The fourth-order valence-electron chi connectivity index (χ4n) is 1.51. The molecule has 0 bridgehead atoms. The molecule has 0 aliphatic carbocycles. The molecule has 0 fully saturated rings. The highest BCUT2D eigenvalue weighted by atomic mass is 16.2. The van der Waals surface area contributed by atoms with E-state index in [1.807, 2.05) is 39.0 Å². The Morgan fingerprint density at radius 2 is 1.67 bits per heavy atom. The molecule has 0 unspecified atom stereocenters. The first kappa shape index (κ1) is 14.6. The molecule has 1 aromatic rings. The summed E-state index contributed by atoms with van der Waals surface area (Å²) < 4.78 is 0. The van der Waals surface area contributed by atoms with Crippen LogP contribution < -0.4 is 10.6 Å². The van der Waals surface area contributed by atoms with E-state index in [0.29, 0.717) is 0 Å². The topological polar surface area (TPSA) is 41.1 Å². The average Bonchev–Trinajstić information content (AvgIpc) is 2.33. The summed E-state index contributed by atoms with van der Waals surface area (Å²) in [5.74, 6) is 0.124. The van der Waals surface area contributed by atoms with Crippen LogP contribution in [0.3, 0.4) is 0 Å². The normalized spacial score (nSPS) is 11.1. The standard InChI is InChI=1S/C15H24N2O/c1-15(2,3)14(18)17-12-8-7-11-16-13-9-5-4-6-10-13/h4-6,9-10,16H,7-8,11-12H2,1-3H3,(H,17,18). The van der Waals surface area contributed by atoms with Gasteiger partial charge in [0.15, 0.2) is 0 Å². The van der Waals surface area contributed by atoms with Crippen molar-refractivity contribution in [1.29, 1.82) is 0 Å². The zero-order chi connectivity index (χ0) is 13.4. The lowest BCUT2D eigenvalue weighted by Gasteiger charge is -2.17. The Morgan fingerprint density at radius 3 is 2.28 bits per heavy atom. The third-order valence-electron chi connectivity index (χ3n) is 2.67. The van der Waals surface area contributed by atoms with Crippen LogP contribution in [0.5, 0.6) is 0 Å². The summed E-state index contributed by atoms with van der Waals surface area (Å²) in [5.41, 5.74) is 0.860. The van der Waals surface area contributed by atoms with Crippen LogP contribution in [0.1, 0.15) is 33.6 Å². The van der Waals surface area contributed by atoms with Crippen LogP contribution in [0.25, 0.3) is 0 Å². The number of hydrogen-bond donors (Lipinski definition) is 2. The number of nitrogens with one attached hydrogen (secondary N) is 2. The Balaban J connectivity index is 2.05. The van der Waals surface area contributed by atoms with E-state index in [9.17, 15) is 4.79 Å². The molecular weight excluding hydrogens is 224 g/mol. The largest absolute Gasteiger partial charge is 0.385 e. The summed E-state index contributed by atoms with van der Waals surface area (Å²) in [7, 11) is 0. The average molecular weight is 248 g/mol. The Morgan fingerprint density at radius 1 is 1.06 bits per heavy atom. The third-order valence-corrected chi connectivity index (χ3v) is 2.67. The second-order valence-electron chi connectivity index (χ2n) is 5.51. The van der Waals surface area contributed by atoms with E-state index >= 15 is 0 Å². The lowest BCUT2D eigenvalue weighted by Crippen LogP contribution is -2.35. The Kier molecular flexibility index (Phi) is 5.69. The first-order valence-electron chi connectivity index (χ1n) is 6.57. The molecule has 1 rings (SSSR count). The molecule has 2 N–H and O–H groups in total. The molecule has 0 saturated carbocycles. The Hall–Kier alpha value is -1.51. The molecule has 3 nitrogen and oxygen atoms in total. The minimum Gasteiger partial charge on any atom is -0.385 e. The maximum absolute atomic E-state index is 11.6. The van der Waals surface area contributed by atoms with Crippen LogP contribution in [-0.2, 0) is 4.79 Å². The molecule has 18 heavy (non-hydrogen) atoms. The Labute approximate surface area is 110 Å². The van der Waals surface area contributed by atoms with Gasteiger partial charge in [0.25, 0.3) is 0 Å². The number of anilines is 1. The van der Waals surface area contributed by atoms with Crippen molar-refractivity contribution < 1.29 is 4.79 Å². The van der Waals surface area contributed by atoms with Crippen LogP contribution in [-0.4, -0.2) is 19.0 Å². The van der Waals surface area contributed by atoms with Gasteiger partial charge in [-0.15, -0.1) is 0 Å². The number of amides is 1. The number of benzene rings is 1. The highest BCUT2D eigenvalue weighted by molar-refractivity contribution is 5.81. The lowest BCUT2D eigenvalue weighted by atomic mass is 9.96. The molecule has 0 aliphatic heterocycles. The molecule has 0 saturated heterocycles. The summed E-state index contributed by atoms with van der Waals surface area (Å²) in [6.45, 7) is 7.49. The fourth-order valence-corrected chi connectivity index (χ4v) is 1.51. The van der Waals surface area contributed by atoms with Crippen molar-refractivity contribution in [3.63, 3.8) is 0 Å². The van der Waals surface area contributed by atoms with Crippen molar-refractivity contribution >= 4 is 11.6 Å². The van der Waals surface area contributed by atoms with E-state index in [-0.39, 0.29) is 11.3 Å². The zero-order valence-corrected chi connectivity index (χ0v) is 11.6. The van der Waals surface area contributed by atoms with Gasteiger partial charge in [0.05, 0.1) is 0 Å². The van der Waals surface area contributed by atoms with Crippen molar-refractivity contribution in [3.8, 4) is 0 Å². The second-order valence-corrected chi connectivity index (χ2v) is 5.51. The molecule has 0 radical (unpaired) electrons. The van der Waals surface area contributed by atoms with E-state index < -0.39 is 0 Å². The van der Waals surface area contributed by atoms with E-state index in [1.165, 1.54) is 0 Å². The van der Waals surface area contributed by atoms with Gasteiger partial charge in [-0.2, -0.15) is 0 Å². The van der Waals surface area contributed by atoms with Gasteiger partial charge in [0, 0.05) is 24.2 Å². The molecule has 100 valence electrons. The predicted octanol–water partition coefficient (Wildman–Crippen LogP) is 3.04. The van der Waals surface area contributed by atoms with Gasteiger partial charge in [-0.25, -0.2) is 0 Å². The van der Waals surface area contributed by atoms with Crippen molar-refractivity contribution in [2.24, 2.45) is 5.41 Å². The van der Waals surface area contributed by atoms with Crippen LogP contribution in [0.2, 0.25) is 0 Å². The summed E-state index contributed by atoms with van der Waals surface area (Å²) in [5, 5.41) is 6.30. The summed E-state index contributed by atoms with van der Waals surface area (Å²) >= 11 is 0. The van der Waals surface area contributed by atoms with Crippen molar-refractivity contribution in [3.05, 3.63) is 30.3 Å². The van der Waals surface area contributed by atoms with E-state index in [0.717, 1.165) is 31.6 Å². The van der Waals surface area contributed by atoms with Gasteiger partial charge in [-0.3, -0.25) is 4.79 Å². The highest BCUT2D eigenvalue weighted by Gasteiger charge is 2.19. The minimum absolute atomic E-state index is 0.124. The van der Waals surface area contributed by atoms with E-state index in [1.54, 1.807) is 0 Å². The molecular formula is C15H24N2O. The first-order chi connectivity index (χ1) is 8.50. The zero-order valence-electron chi connectivity index (χ0n) is 11.6. The van der Waals surface area contributed by atoms with Gasteiger partial charge in [0.2, 0.25) is 5.91 Å². The van der Waals surface area contributed by atoms with Gasteiger partial charge in [0.1, 0.15) is 0 Å². The van der Waals surface area contributed by atoms with E-state index in [4.69, 9.17) is 0 Å². The number of carbonyl (C=O) groups excluding carboxylic acids is 1. The van der Waals surface area contributed by atoms with Crippen molar-refractivity contribution in [2.45, 2.75) is 33.6 Å². The Bertz CT molecular complexity index is 355. The molecule has 0 heterocycles. The summed E-state index contributed by atoms with van der Waals surface area (Å²) in [4.78, 5) is 11.6. The van der Waals surface area contributed by atoms with Crippen molar-refractivity contribution in [2.75, 3.05) is 18.4 Å². The second kappa shape index (κ2) is 7.04. The smallest absolute Gasteiger partial charge is 0.225 e. The minimum atomic E-state index is -0.289. The highest BCUT2D eigenvalue weighted by Crippen LogP contribution is 2.12. The quantitative estimate of drug-likeness (QED) is 0.760. The number of carbonyl (C=O) groups is 1. The van der Waals surface area contributed by atoms with Crippen LogP contribution in [0.4, 0.5) is 5.69 Å². The molecule has 3 heteroatoms.